The van der Waals surface area contributed by atoms with Crippen molar-refractivity contribution in [3.8, 4) is 5.75 Å². The average Bonchev–Trinajstić information content (AvgIpc) is 3.08. The summed E-state index contributed by atoms with van der Waals surface area (Å²) in [6.07, 6.45) is 1.84. The Morgan fingerprint density at radius 1 is 1.19 bits per heavy atom. The van der Waals surface area contributed by atoms with Crippen LogP contribution in [0.4, 0.5) is 5.69 Å². The molecular formula is C21H24N4O. The highest BCUT2D eigenvalue weighted by atomic mass is 16.3. The zero-order chi connectivity index (χ0) is 18.3. The molecule has 0 aliphatic heterocycles. The minimum atomic E-state index is 0.247. The number of likely N-dealkylation sites (N-methyl/N-ethyl adjacent to an activating group) is 1. The molecule has 4 rings (SSSR count). The highest BCUT2D eigenvalue weighted by molar-refractivity contribution is 6.07. The van der Waals surface area contributed by atoms with Crippen molar-refractivity contribution < 1.29 is 5.11 Å². The molecule has 5 nitrogen and oxygen atoms in total. The molecule has 0 bridgehead atoms. The number of phenols is 1. The monoisotopic (exact) mass is 348 g/mol. The summed E-state index contributed by atoms with van der Waals surface area (Å²) in [5, 5.41) is 16.4. The van der Waals surface area contributed by atoms with Crippen LogP contribution < -0.4 is 10.5 Å². The van der Waals surface area contributed by atoms with Crippen molar-refractivity contribution in [1.29, 1.82) is 0 Å². The van der Waals surface area contributed by atoms with E-state index in [9.17, 15) is 5.11 Å². The van der Waals surface area contributed by atoms with Gasteiger partial charge in [0.25, 0.3) is 0 Å². The van der Waals surface area contributed by atoms with Crippen LogP contribution in [0.1, 0.15) is 13.8 Å². The number of benzene rings is 2. The van der Waals surface area contributed by atoms with Crippen LogP contribution in [-0.2, 0) is 0 Å². The number of aromatic nitrogens is 2. The molecule has 0 saturated carbocycles. The van der Waals surface area contributed by atoms with Gasteiger partial charge in [-0.05, 0) is 48.6 Å². The second-order valence-electron chi connectivity index (χ2n) is 6.60. The number of nitrogens with one attached hydrogen (secondary N) is 1. The number of hydrogen-bond donors (Lipinski definition) is 2. The lowest BCUT2D eigenvalue weighted by Crippen LogP contribution is -2.28. The molecule has 0 atom stereocenters. The number of fused-ring (bicyclic) bond motifs is 2. The van der Waals surface area contributed by atoms with E-state index in [0.717, 1.165) is 64.4 Å². The number of anilines is 1. The summed E-state index contributed by atoms with van der Waals surface area (Å²) < 4.78 is 2.09. The van der Waals surface area contributed by atoms with E-state index in [0.29, 0.717) is 0 Å². The van der Waals surface area contributed by atoms with Gasteiger partial charge in [0.15, 0.2) is 0 Å². The zero-order valence-corrected chi connectivity index (χ0v) is 15.3. The van der Waals surface area contributed by atoms with Gasteiger partial charge in [0.05, 0.1) is 16.6 Å². The van der Waals surface area contributed by atoms with Gasteiger partial charge in [0.1, 0.15) is 12.1 Å². The Hall–Kier alpha value is -2.79. The maximum Gasteiger partial charge on any atom is 0.116 e. The summed E-state index contributed by atoms with van der Waals surface area (Å²) in [6.45, 7) is 12.7. The molecule has 26 heavy (non-hydrogen) atoms. The largest absolute Gasteiger partial charge is 0.508 e. The van der Waals surface area contributed by atoms with Crippen molar-refractivity contribution in [2.45, 2.75) is 13.8 Å². The Kier molecular flexibility index (Phi) is 4.17. The van der Waals surface area contributed by atoms with E-state index >= 15 is 0 Å². The fourth-order valence-corrected chi connectivity index (χ4v) is 3.74. The predicted molar refractivity (Wildman–Crippen MR) is 109 cm³/mol. The molecule has 0 unspecified atom stereocenters. The first-order valence-electron chi connectivity index (χ1n) is 9.13. The van der Waals surface area contributed by atoms with Gasteiger partial charge in [0.2, 0.25) is 0 Å². The predicted octanol–water partition coefficient (Wildman–Crippen LogP) is 3.23. The van der Waals surface area contributed by atoms with Gasteiger partial charge in [-0.3, -0.25) is 4.40 Å². The van der Waals surface area contributed by atoms with Gasteiger partial charge >= 0.3 is 0 Å². The lowest BCUT2D eigenvalue weighted by atomic mass is 10.1. The molecule has 5 heteroatoms. The topological polar surface area (TPSA) is 52.8 Å². The van der Waals surface area contributed by atoms with Crippen LogP contribution in [0.2, 0.25) is 0 Å². The van der Waals surface area contributed by atoms with Crippen molar-refractivity contribution in [3.05, 3.63) is 41.9 Å². The third-order valence-corrected chi connectivity index (χ3v) is 5.21. The van der Waals surface area contributed by atoms with Crippen LogP contribution in [0.3, 0.4) is 0 Å². The maximum absolute atomic E-state index is 9.94. The number of pyridine rings is 1. The van der Waals surface area contributed by atoms with Crippen molar-refractivity contribution in [2.24, 2.45) is 0 Å². The van der Waals surface area contributed by atoms with E-state index in [1.807, 2.05) is 18.5 Å². The fourth-order valence-electron chi connectivity index (χ4n) is 3.74. The van der Waals surface area contributed by atoms with Crippen molar-refractivity contribution in [1.82, 2.24) is 14.3 Å². The Morgan fingerprint density at radius 3 is 2.77 bits per heavy atom. The third kappa shape index (κ3) is 2.56. The Bertz CT molecular complexity index is 1130. The third-order valence-electron chi connectivity index (χ3n) is 5.21. The fraction of sp³-hybridized carbons (Fsp3) is 0.286. The van der Waals surface area contributed by atoms with Gasteiger partial charge < -0.3 is 15.3 Å². The maximum atomic E-state index is 9.94. The number of aromatic hydroxyl groups is 1. The molecule has 134 valence electrons. The molecule has 4 aromatic rings. The van der Waals surface area contributed by atoms with Crippen LogP contribution in [0.15, 0.2) is 36.7 Å². The van der Waals surface area contributed by atoms with Crippen LogP contribution in [0.25, 0.3) is 33.9 Å². The highest BCUT2D eigenvalue weighted by Gasteiger charge is 2.14. The van der Waals surface area contributed by atoms with Crippen molar-refractivity contribution in [2.75, 3.05) is 31.5 Å². The smallest absolute Gasteiger partial charge is 0.116 e. The minimum absolute atomic E-state index is 0.247. The van der Waals surface area contributed by atoms with Gasteiger partial charge in [-0.2, -0.15) is 0 Å². The van der Waals surface area contributed by atoms with Gasteiger partial charge in [-0.25, -0.2) is 4.98 Å². The second kappa shape index (κ2) is 6.50. The first-order chi connectivity index (χ1) is 12.6. The minimum Gasteiger partial charge on any atom is -0.508 e. The number of hydrogen-bond acceptors (Lipinski definition) is 4. The lowest BCUT2D eigenvalue weighted by molar-refractivity contribution is 0.316. The molecular weight excluding hydrogens is 324 g/mol. The lowest BCUT2D eigenvalue weighted by Gasteiger charge is -2.19. The quantitative estimate of drug-likeness (QED) is 0.525. The Morgan fingerprint density at radius 2 is 2.00 bits per heavy atom. The average molecular weight is 348 g/mol. The second-order valence-corrected chi connectivity index (χ2v) is 6.60. The standard InChI is InChI=1S/C21H24N4O/c1-4-24(5-2)11-10-22-17-7-8-18-21-20(17)14(3)16-12-15(26)6-9-19(16)25(21)13-23-18/h6-9,12-13,22,26H,3-5,10-11H2,1-2H3. The summed E-state index contributed by atoms with van der Waals surface area (Å²) in [4.78, 5) is 6.94. The van der Waals surface area contributed by atoms with Crippen molar-refractivity contribution >= 4 is 39.6 Å². The molecule has 0 aliphatic rings. The molecule has 0 radical (unpaired) electrons. The molecule has 0 saturated heterocycles. The molecule has 0 spiro atoms. The molecule has 2 aromatic heterocycles. The van der Waals surface area contributed by atoms with Gasteiger partial charge in [0, 0.05) is 29.5 Å². The molecule has 2 aromatic carbocycles. The van der Waals surface area contributed by atoms with E-state index in [1.54, 1.807) is 12.1 Å². The van der Waals surface area contributed by atoms with E-state index in [-0.39, 0.29) is 5.75 Å². The molecule has 0 aliphatic carbocycles. The number of phenolic OH excluding ortho intramolecular Hbond substituents is 1. The van der Waals surface area contributed by atoms with Crippen molar-refractivity contribution in [3.63, 3.8) is 0 Å². The van der Waals surface area contributed by atoms with Gasteiger partial charge in [-0.1, -0.05) is 20.4 Å². The summed E-state index contributed by atoms with van der Waals surface area (Å²) in [6, 6.07) is 9.53. The van der Waals surface area contributed by atoms with Crippen LogP contribution in [0.5, 0.6) is 5.75 Å². The molecule has 0 fully saturated rings. The molecule has 2 N–H and O–H groups in total. The normalized spacial score (nSPS) is 12.0. The van der Waals surface area contributed by atoms with E-state index in [2.05, 4.69) is 46.1 Å². The SMILES string of the molecule is C=c1c2cc(O)ccc2n2cnc3ccc(NCCN(CC)CC)c1c32. The Balaban J connectivity index is 1.87. The number of rotatable bonds is 6. The first-order valence-corrected chi connectivity index (χ1v) is 9.13. The van der Waals surface area contributed by atoms with E-state index < -0.39 is 0 Å². The summed E-state index contributed by atoms with van der Waals surface area (Å²) in [5.41, 5.74) is 4.09. The van der Waals surface area contributed by atoms with Gasteiger partial charge in [-0.15, -0.1) is 0 Å². The first kappa shape index (κ1) is 16.7. The summed E-state index contributed by atoms with van der Waals surface area (Å²) >= 11 is 0. The van der Waals surface area contributed by atoms with E-state index in [1.165, 1.54) is 0 Å². The Labute approximate surface area is 152 Å². The van der Waals surface area contributed by atoms with Crippen LogP contribution >= 0.6 is 0 Å². The van der Waals surface area contributed by atoms with E-state index in [4.69, 9.17) is 0 Å². The molecule has 2 heterocycles. The summed E-state index contributed by atoms with van der Waals surface area (Å²) in [5.74, 6) is 0.247. The summed E-state index contributed by atoms with van der Waals surface area (Å²) in [7, 11) is 0. The van der Waals surface area contributed by atoms with Crippen LogP contribution in [-0.4, -0.2) is 45.6 Å². The molecule has 0 amide bonds. The van der Waals surface area contributed by atoms with Crippen LogP contribution in [0, 0.1) is 0 Å². The number of nitrogens with zero attached hydrogens (tertiary/aromatic N) is 3. The zero-order valence-electron chi connectivity index (χ0n) is 15.3. The number of imidazole rings is 1. The highest BCUT2D eigenvalue weighted by Crippen LogP contribution is 2.29.